The van der Waals surface area contributed by atoms with E-state index in [2.05, 4.69) is 34.2 Å². The quantitative estimate of drug-likeness (QED) is 0.780. The Morgan fingerprint density at radius 1 is 0.706 bits per heavy atom. The SMILES string of the molecule is c1cc([C@H]2CC[C@H](c3ccncc3)C2)ccn1. The highest BCUT2D eigenvalue weighted by Gasteiger charge is 2.26. The lowest BCUT2D eigenvalue weighted by molar-refractivity contribution is 0.684. The zero-order valence-electron chi connectivity index (χ0n) is 9.79. The van der Waals surface area contributed by atoms with Gasteiger partial charge in [0.2, 0.25) is 0 Å². The lowest BCUT2D eigenvalue weighted by Gasteiger charge is -2.11. The fourth-order valence-electron chi connectivity index (χ4n) is 2.86. The van der Waals surface area contributed by atoms with Crippen LogP contribution >= 0.6 is 0 Å². The van der Waals surface area contributed by atoms with E-state index in [0.717, 1.165) is 0 Å². The van der Waals surface area contributed by atoms with Crippen LogP contribution in [0.15, 0.2) is 49.1 Å². The third kappa shape index (κ3) is 2.21. The third-order valence-corrected chi connectivity index (χ3v) is 3.79. The van der Waals surface area contributed by atoms with Crippen molar-refractivity contribution in [2.75, 3.05) is 0 Å². The van der Waals surface area contributed by atoms with E-state index < -0.39 is 0 Å². The van der Waals surface area contributed by atoms with Crippen molar-refractivity contribution in [1.82, 2.24) is 9.97 Å². The molecule has 1 fully saturated rings. The van der Waals surface area contributed by atoms with Crippen LogP contribution in [-0.2, 0) is 0 Å². The van der Waals surface area contributed by atoms with Crippen molar-refractivity contribution in [1.29, 1.82) is 0 Å². The van der Waals surface area contributed by atoms with Gasteiger partial charge in [-0.2, -0.15) is 0 Å². The average Bonchev–Trinajstić information content (AvgIpc) is 2.90. The zero-order valence-corrected chi connectivity index (χ0v) is 9.79. The Hall–Kier alpha value is -1.70. The standard InChI is InChI=1S/C15H16N2/c1-2-15(13-5-9-17-10-6-13)11-14(1)12-3-7-16-8-4-12/h3-10,14-15H,1-2,11H2/t14-,15-/m0/s1. The van der Waals surface area contributed by atoms with Gasteiger partial charge in [0.05, 0.1) is 0 Å². The normalized spacial score (nSPS) is 23.8. The van der Waals surface area contributed by atoms with Crippen LogP contribution in [0.5, 0.6) is 0 Å². The van der Waals surface area contributed by atoms with Crippen molar-refractivity contribution < 1.29 is 0 Å². The second-order valence-corrected chi connectivity index (χ2v) is 4.77. The number of rotatable bonds is 2. The van der Waals surface area contributed by atoms with Gasteiger partial charge < -0.3 is 0 Å². The molecule has 2 aromatic heterocycles. The molecule has 2 heterocycles. The summed E-state index contributed by atoms with van der Waals surface area (Å²) < 4.78 is 0. The fourth-order valence-corrected chi connectivity index (χ4v) is 2.86. The lowest BCUT2D eigenvalue weighted by atomic mass is 9.94. The van der Waals surface area contributed by atoms with Gasteiger partial charge >= 0.3 is 0 Å². The average molecular weight is 224 g/mol. The van der Waals surface area contributed by atoms with Gasteiger partial charge in [0.25, 0.3) is 0 Å². The minimum atomic E-state index is 0.705. The summed E-state index contributed by atoms with van der Waals surface area (Å²) in [4.78, 5) is 8.17. The lowest BCUT2D eigenvalue weighted by Crippen LogP contribution is -1.95. The van der Waals surface area contributed by atoms with Gasteiger partial charge in [0, 0.05) is 24.8 Å². The van der Waals surface area contributed by atoms with Crippen LogP contribution < -0.4 is 0 Å². The van der Waals surface area contributed by atoms with E-state index in [1.807, 2.05) is 24.8 Å². The molecule has 2 aromatic rings. The zero-order chi connectivity index (χ0) is 11.5. The summed E-state index contributed by atoms with van der Waals surface area (Å²) in [5.74, 6) is 1.41. The van der Waals surface area contributed by atoms with Crippen molar-refractivity contribution >= 4 is 0 Å². The molecule has 0 bridgehead atoms. The molecule has 1 aliphatic rings. The van der Waals surface area contributed by atoms with E-state index >= 15 is 0 Å². The first-order chi connectivity index (χ1) is 8.43. The fraction of sp³-hybridized carbons (Fsp3) is 0.333. The Labute approximate surface area is 102 Å². The molecule has 2 heteroatoms. The number of pyridine rings is 2. The maximum atomic E-state index is 4.09. The highest BCUT2D eigenvalue weighted by atomic mass is 14.6. The largest absolute Gasteiger partial charge is 0.265 e. The highest BCUT2D eigenvalue weighted by molar-refractivity contribution is 5.23. The molecule has 1 saturated carbocycles. The summed E-state index contributed by atoms with van der Waals surface area (Å²) in [7, 11) is 0. The smallest absolute Gasteiger partial charge is 0.0270 e. The molecule has 17 heavy (non-hydrogen) atoms. The summed E-state index contributed by atoms with van der Waals surface area (Å²) >= 11 is 0. The van der Waals surface area contributed by atoms with Gasteiger partial charge in [0.15, 0.2) is 0 Å². The monoisotopic (exact) mass is 224 g/mol. The van der Waals surface area contributed by atoms with Crippen LogP contribution in [-0.4, -0.2) is 9.97 Å². The maximum absolute atomic E-state index is 4.09. The molecular formula is C15H16N2. The van der Waals surface area contributed by atoms with E-state index in [0.29, 0.717) is 11.8 Å². The van der Waals surface area contributed by atoms with E-state index in [1.165, 1.54) is 30.4 Å². The summed E-state index contributed by atoms with van der Waals surface area (Å²) in [6.07, 6.45) is 11.4. The number of hydrogen-bond acceptors (Lipinski definition) is 2. The van der Waals surface area contributed by atoms with Gasteiger partial charge in [-0.15, -0.1) is 0 Å². The minimum Gasteiger partial charge on any atom is -0.265 e. The van der Waals surface area contributed by atoms with Crippen LogP contribution in [0.2, 0.25) is 0 Å². The maximum Gasteiger partial charge on any atom is 0.0270 e. The van der Waals surface area contributed by atoms with Crippen LogP contribution in [0.3, 0.4) is 0 Å². The first-order valence-corrected chi connectivity index (χ1v) is 6.23. The second kappa shape index (κ2) is 4.66. The molecule has 0 saturated heterocycles. The Bertz CT molecular complexity index is 421. The summed E-state index contributed by atoms with van der Waals surface area (Å²) in [5.41, 5.74) is 2.88. The summed E-state index contributed by atoms with van der Waals surface area (Å²) in [6, 6.07) is 8.61. The molecule has 0 aliphatic heterocycles. The van der Waals surface area contributed by atoms with E-state index in [1.54, 1.807) is 0 Å². The molecule has 0 aromatic carbocycles. The molecule has 0 radical (unpaired) electrons. The number of hydrogen-bond donors (Lipinski definition) is 0. The first-order valence-electron chi connectivity index (χ1n) is 6.23. The number of nitrogens with zero attached hydrogens (tertiary/aromatic N) is 2. The predicted molar refractivity (Wildman–Crippen MR) is 67.8 cm³/mol. The van der Waals surface area contributed by atoms with Gasteiger partial charge in [0.1, 0.15) is 0 Å². The topological polar surface area (TPSA) is 25.8 Å². The summed E-state index contributed by atoms with van der Waals surface area (Å²) in [5, 5.41) is 0. The molecule has 3 rings (SSSR count). The van der Waals surface area contributed by atoms with Crippen molar-refractivity contribution in [2.24, 2.45) is 0 Å². The van der Waals surface area contributed by atoms with E-state index in [9.17, 15) is 0 Å². The predicted octanol–water partition coefficient (Wildman–Crippen LogP) is 3.53. The Kier molecular flexibility index (Phi) is 2.87. The van der Waals surface area contributed by atoms with Crippen molar-refractivity contribution in [3.63, 3.8) is 0 Å². The van der Waals surface area contributed by atoms with Crippen LogP contribution in [0.1, 0.15) is 42.2 Å². The van der Waals surface area contributed by atoms with Crippen LogP contribution in [0, 0.1) is 0 Å². The van der Waals surface area contributed by atoms with Crippen molar-refractivity contribution in [3.8, 4) is 0 Å². The van der Waals surface area contributed by atoms with Crippen molar-refractivity contribution in [2.45, 2.75) is 31.1 Å². The Morgan fingerprint density at radius 2 is 1.12 bits per heavy atom. The number of aromatic nitrogens is 2. The minimum absolute atomic E-state index is 0.705. The molecule has 0 unspecified atom stereocenters. The van der Waals surface area contributed by atoms with Gasteiger partial charge in [-0.25, -0.2) is 0 Å². The van der Waals surface area contributed by atoms with Gasteiger partial charge in [-0.3, -0.25) is 9.97 Å². The molecular weight excluding hydrogens is 208 g/mol. The van der Waals surface area contributed by atoms with Crippen molar-refractivity contribution in [3.05, 3.63) is 60.2 Å². The molecule has 0 amide bonds. The Balaban J connectivity index is 1.75. The molecule has 86 valence electrons. The third-order valence-electron chi connectivity index (χ3n) is 3.79. The van der Waals surface area contributed by atoms with Gasteiger partial charge in [-0.05, 0) is 66.5 Å². The van der Waals surface area contributed by atoms with Crippen LogP contribution in [0.4, 0.5) is 0 Å². The van der Waals surface area contributed by atoms with Gasteiger partial charge in [-0.1, -0.05) is 0 Å². The Morgan fingerprint density at radius 3 is 1.53 bits per heavy atom. The molecule has 2 nitrogen and oxygen atoms in total. The molecule has 1 aliphatic carbocycles. The van der Waals surface area contributed by atoms with Crippen LogP contribution in [0.25, 0.3) is 0 Å². The first kappa shape index (κ1) is 10.5. The summed E-state index contributed by atoms with van der Waals surface area (Å²) in [6.45, 7) is 0. The second-order valence-electron chi connectivity index (χ2n) is 4.77. The highest BCUT2D eigenvalue weighted by Crippen LogP contribution is 2.43. The van der Waals surface area contributed by atoms with E-state index in [-0.39, 0.29) is 0 Å². The molecule has 0 spiro atoms. The molecule has 2 atom stereocenters. The molecule has 0 N–H and O–H groups in total. The van der Waals surface area contributed by atoms with E-state index in [4.69, 9.17) is 0 Å².